The smallest absolute Gasteiger partial charge is 0.269 e. The minimum Gasteiger partial charge on any atom is -0.364 e. The maximum Gasteiger partial charge on any atom is 0.269 e. The van der Waals surface area contributed by atoms with E-state index < -0.39 is 11.9 Å². The van der Waals surface area contributed by atoms with Crippen molar-refractivity contribution in [3.05, 3.63) is 17.8 Å². The second-order valence-corrected chi connectivity index (χ2v) is 4.04. The number of amides is 2. The minimum atomic E-state index is -0.633. The van der Waals surface area contributed by atoms with Crippen molar-refractivity contribution in [2.45, 2.75) is 26.8 Å². The molecule has 0 bridgehead atoms. The fourth-order valence-corrected chi connectivity index (χ4v) is 1.63. The van der Waals surface area contributed by atoms with Gasteiger partial charge in [-0.05, 0) is 32.9 Å². The Morgan fingerprint density at radius 2 is 1.95 bits per heavy atom. The number of anilines is 1. The fourth-order valence-electron chi connectivity index (χ4n) is 1.63. The van der Waals surface area contributed by atoms with Gasteiger partial charge in [0.25, 0.3) is 5.91 Å². The third kappa shape index (κ3) is 3.90. The summed E-state index contributed by atoms with van der Waals surface area (Å²) in [6.07, 6.45) is 0. The van der Waals surface area contributed by atoms with Crippen LogP contribution in [0.15, 0.2) is 12.1 Å². The number of hydrogen-bond donors (Lipinski definition) is 2. The predicted octanol–water partition coefficient (Wildman–Crippen LogP) is 0.244. The van der Waals surface area contributed by atoms with Crippen molar-refractivity contribution in [1.82, 2.24) is 15.1 Å². The molecule has 0 aliphatic rings. The Kier molecular flexibility index (Phi) is 5.23. The Morgan fingerprint density at radius 1 is 1.32 bits per heavy atom. The molecule has 0 saturated carbocycles. The Balaban J connectivity index is 2.68. The van der Waals surface area contributed by atoms with Crippen LogP contribution in [0.1, 0.15) is 31.3 Å². The molecule has 1 atom stereocenters. The SMILES string of the molecule is CCN(CC)C(=O)C(C)Nc1ccc(C(N)=O)nn1. The number of likely N-dealkylation sites (N-methyl/N-ethyl adjacent to an activating group) is 1. The first-order valence-corrected chi connectivity index (χ1v) is 6.18. The predicted molar refractivity (Wildman–Crippen MR) is 71.6 cm³/mol. The van der Waals surface area contributed by atoms with E-state index in [1.807, 2.05) is 13.8 Å². The van der Waals surface area contributed by atoms with E-state index in [1.165, 1.54) is 6.07 Å². The molecule has 2 amide bonds. The van der Waals surface area contributed by atoms with Gasteiger partial charge in [0.1, 0.15) is 11.9 Å². The quantitative estimate of drug-likeness (QED) is 0.767. The maximum absolute atomic E-state index is 12.0. The van der Waals surface area contributed by atoms with Crippen LogP contribution in [0.2, 0.25) is 0 Å². The molecule has 0 aromatic carbocycles. The Hall–Kier alpha value is -2.18. The van der Waals surface area contributed by atoms with Crippen LogP contribution in [-0.2, 0) is 4.79 Å². The average molecular weight is 265 g/mol. The molecule has 0 saturated heterocycles. The summed E-state index contributed by atoms with van der Waals surface area (Å²) in [5, 5.41) is 10.4. The first kappa shape index (κ1) is 14.9. The molecule has 0 aliphatic heterocycles. The number of primary amides is 1. The van der Waals surface area contributed by atoms with E-state index in [-0.39, 0.29) is 11.6 Å². The zero-order valence-corrected chi connectivity index (χ0v) is 11.4. The number of rotatable bonds is 6. The maximum atomic E-state index is 12.0. The molecule has 0 spiro atoms. The van der Waals surface area contributed by atoms with Crippen LogP contribution >= 0.6 is 0 Å². The first-order valence-electron chi connectivity index (χ1n) is 6.18. The second kappa shape index (κ2) is 6.67. The van der Waals surface area contributed by atoms with E-state index in [0.29, 0.717) is 18.9 Å². The van der Waals surface area contributed by atoms with Crippen LogP contribution in [0.4, 0.5) is 5.82 Å². The van der Waals surface area contributed by atoms with Gasteiger partial charge in [-0.3, -0.25) is 9.59 Å². The molecule has 104 valence electrons. The van der Waals surface area contributed by atoms with Gasteiger partial charge in [-0.1, -0.05) is 0 Å². The molecule has 0 radical (unpaired) electrons. The summed E-state index contributed by atoms with van der Waals surface area (Å²) in [7, 11) is 0. The molecule has 1 rings (SSSR count). The molecule has 0 fully saturated rings. The lowest BCUT2D eigenvalue weighted by Gasteiger charge is -2.23. The number of carbonyl (C=O) groups excluding carboxylic acids is 2. The molecule has 19 heavy (non-hydrogen) atoms. The van der Waals surface area contributed by atoms with E-state index in [0.717, 1.165) is 0 Å². The van der Waals surface area contributed by atoms with Gasteiger partial charge in [-0.15, -0.1) is 10.2 Å². The highest BCUT2D eigenvalue weighted by molar-refractivity contribution is 5.90. The van der Waals surface area contributed by atoms with Crippen LogP contribution in [0.25, 0.3) is 0 Å². The van der Waals surface area contributed by atoms with Gasteiger partial charge >= 0.3 is 0 Å². The van der Waals surface area contributed by atoms with Crippen LogP contribution in [0.3, 0.4) is 0 Å². The van der Waals surface area contributed by atoms with Gasteiger partial charge in [0.15, 0.2) is 5.69 Å². The summed E-state index contributed by atoms with van der Waals surface area (Å²) >= 11 is 0. The summed E-state index contributed by atoms with van der Waals surface area (Å²) in [5.41, 5.74) is 5.16. The van der Waals surface area contributed by atoms with Crippen molar-refractivity contribution in [3.63, 3.8) is 0 Å². The normalized spacial score (nSPS) is 11.7. The van der Waals surface area contributed by atoms with Crippen molar-refractivity contribution in [3.8, 4) is 0 Å². The van der Waals surface area contributed by atoms with E-state index in [2.05, 4.69) is 15.5 Å². The van der Waals surface area contributed by atoms with Crippen molar-refractivity contribution < 1.29 is 9.59 Å². The highest BCUT2D eigenvalue weighted by atomic mass is 16.2. The van der Waals surface area contributed by atoms with E-state index in [9.17, 15) is 9.59 Å². The Bertz CT molecular complexity index is 442. The number of carbonyl (C=O) groups is 2. The minimum absolute atomic E-state index is 0.00854. The standard InChI is InChI=1S/C12H19N5O2/c1-4-17(5-2)12(19)8(3)14-10-7-6-9(11(13)18)15-16-10/h6-8H,4-5H2,1-3H3,(H2,13,18)(H,14,16). The third-order valence-corrected chi connectivity index (χ3v) is 2.73. The van der Waals surface area contributed by atoms with Gasteiger partial charge in [-0.2, -0.15) is 0 Å². The highest BCUT2D eigenvalue weighted by Crippen LogP contribution is 2.05. The van der Waals surface area contributed by atoms with Crippen molar-refractivity contribution in [2.75, 3.05) is 18.4 Å². The lowest BCUT2D eigenvalue weighted by atomic mass is 10.2. The number of hydrogen-bond acceptors (Lipinski definition) is 5. The summed E-state index contributed by atoms with van der Waals surface area (Å²) < 4.78 is 0. The second-order valence-electron chi connectivity index (χ2n) is 4.04. The molecule has 7 nitrogen and oxygen atoms in total. The Morgan fingerprint density at radius 3 is 2.37 bits per heavy atom. The molecule has 7 heteroatoms. The third-order valence-electron chi connectivity index (χ3n) is 2.73. The molecule has 1 aromatic rings. The molecule has 1 aromatic heterocycles. The molecular weight excluding hydrogens is 246 g/mol. The zero-order chi connectivity index (χ0) is 14.4. The lowest BCUT2D eigenvalue weighted by molar-refractivity contribution is -0.131. The lowest BCUT2D eigenvalue weighted by Crippen LogP contribution is -2.41. The van der Waals surface area contributed by atoms with Crippen molar-refractivity contribution >= 4 is 17.6 Å². The monoisotopic (exact) mass is 265 g/mol. The van der Waals surface area contributed by atoms with Gasteiger partial charge in [0.2, 0.25) is 5.91 Å². The van der Waals surface area contributed by atoms with E-state index >= 15 is 0 Å². The molecule has 0 aliphatic carbocycles. The van der Waals surface area contributed by atoms with Crippen LogP contribution in [-0.4, -0.2) is 46.0 Å². The van der Waals surface area contributed by atoms with Crippen LogP contribution < -0.4 is 11.1 Å². The molecule has 3 N–H and O–H groups in total. The topological polar surface area (TPSA) is 101 Å². The van der Waals surface area contributed by atoms with Crippen molar-refractivity contribution in [1.29, 1.82) is 0 Å². The summed E-state index contributed by atoms with van der Waals surface area (Å²) in [5.74, 6) is -0.213. The number of nitrogens with zero attached hydrogens (tertiary/aromatic N) is 3. The van der Waals surface area contributed by atoms with Gasteiger partial charge in [0, 0.05) is 13.1 Å². The van der Waals surface area contributed by atoms with Gasteiger partial charge < -0.3 is 16.0 Å². The van der Waals surface area contributed by atoms with Crippen LogP contribution in [0, 0.1) is 0 Å². The van der Waals surface area contributed by atoms with Crippen molar-refractivity contribution in [2.24, 2.45) is 5.73 Å². The zero-order valence-electron chi connectivity index (χ0n) is 11.4. The number of nitrogens with one attached hydrogen (secondary N) is 1. The van der Waals surface area contributed by atoms with Gasteiger partial charge in [-0.25, -0.2) is 0 Å². The molecule has 1 heterocycles. The van der Waals surface area contributed by atoms with E-state index in [1.54, 1.807) is 17.9 Å². The Labute approximate surface area is 112 Å². The number of aromatic nitrogens is 2. The molecule has 1 unspecified atom stereocenters. The average Bonchev–Trinajstić information content (AvgIpc) is 2.40. The summed E-state index contributed by atoms with van der Waals surface area (Å²) in [6.45, 7) is 6.93. The van der Waals surface area contributed by atoms with Crippen LogP contribution in [0.5, 0.6) is 0 Å². The van der Waals surface area contributed by atoms with Gasteiger partial charge in [0.05, 0.1) is 0 Å². The summed E-state index contributed by atoms with van der Waals surface area (Å²) in [4.78, 5) is 24.6. The highest BCUT2D eigenvalue weighted by Gasteiger charge is 2.18. The fraction of sp³-hybridized carbons (Fsp3) is 0.500. The summed E-state index contributed by atoms with van der Waals surface area (Å²) in [6, 6.07) is 2.62. The van der Waals surface area contributed by atoms with E-state index in [4.69, 9.17) is 5.73 Å². The number of nitrogens with two attached hydrogens (primary N) is 1. The molecular formula is C12H19N5O2. The first-order chi connectivity index (χ1) is 8.99. The largest absolute Gasteiger partial charge is 0.364 e.